The van der Waals surface area contributed by atoms with E-state index in [9.17, 15) is 13.2 Å². The van der Waals surface area contributed by atoms with Crippen molar-refractivity contribution in [3.63, 3.8) is 0 Å². The van der Waals surface area contributed by atoms with E-state index in [0.29, 0.717) is 5.69 Å². The van der Waals surface area contributed by atoms with Crippen molar-refractivity contribution in [2.24, 2.45) is 0 Å². The number of aromatic nitrogens is 2. The number of aryl methyl sites for hydroxylation is 1. The number of nitrogens with one attached hydrogen (secondary N) is 1. The Morgan fingerprint density at radius 1 is 1.28 bits per heavy atom. The summed E-state index contributed by atoms with van der Waals surface area (Å²) in [4.78, 5) is 16.5. The maximum Gasteiger partial charge on any atom is 0.242 e. The first-order valence-corrected chi connectivity index (χ1v) is 10.2. The van der Waals surface area contributed by atoms with Crippen LogP contribution in [0.2, 0.25) is 0 Å². The lowest BCUT2D eigenvalue weighted by molar-refractivity contribution is -0.113. The number of hydrogen-bond acceptors (Lipinski definition) is 5. The molecule has 0 saturated heterocycles. The van der Waals surface area contributed by atoms with Gasteiger partial charge in [-0.25, -0.2) is 17.7 Å². The van der Waals surface area contributed by atoms with Gasteiger partial charge in [-0.3, -0.25) is 4.79 Å². The number of amides is 1. The van der Waals surface area contributed by atoms with Crippen molar-refractivity contribution in [2.75, 3.05) is 25.2 Å². The zero-order valence-electron chi connectivity index (χ0n) is 14.5. The van der Waals surface area contributed by atoms with E-state index >= 15 is 0 Å². The molecule has 0 fully saturated rings. The number of imidazole rings is 1. The highest BCUT2D eigenvalue weighted by atomic mass is 32.2. The van der Waals surface area contributed by atoms with E-state index < -0.39 is 10.0 Å². The summed E-state index contributed by atoms with van der Waals surface area (Å²) in [6.45, 7) is 2.95. The summed E-state index contributed by atoms with van der Waals surface area (Å²) < 4.78 is 27.2. The number of thioether (sulfide) groups is 1. The van der Waals surface area contributed by atoms with Crippen molar-refractivity contribution < 1.29 is 13.2 Å². The van der Waals surface area contributed by atoms with E-state index in [1.54, 1.807) is 18.3 Å². The van der Waals surface area contributed by atoms with Crippen LogP contribution in [0.1, 0.15) is 13.3 Å². The lowest BCUT2D eigenvalue weighted by Crippen LogP contribution is -2.22. The highest BCUT2D eigenvalue weighted by molar-refractivity contribution is 7.99. The number of carbonyl (C=O) groups is 1. The minimum atomic E-state index is -3.47. The topological polar surface area (TPSA) is 84.3 Å². The van der Waals surface area contributed by atoms with E-state index in [0.717, 1.165) is 22.4 Å². The Labute approximate surface area is 152 Å². The third-order valence-electron chi connectivity index (χ3n) is 3.39. The van der Waals surface area contributed by atoms with Crippen molar-refractivity contribution in [2.45, 2.75) is 29.9 Å². The number of anilines is 1. The maximum absolute atomic E-state index is 12.1. The van der Waals surface area contributed by atoms with Crippen LogP contribution in [0, 0.1) is 0 Å². The first-order chi connectivity index (χ1) is 11.8. The Hall–Kier alpha value is -1.84. The normalized spacial score (nSPS) is 11.7. The molecule has 0 saturated carbocycles. The summed E-state index contributed by atoms with van der Waals surface area (Å²) in [5.41, 5.74) is 0.556. The lowest BCUT2D eigenvalue weighted by atomic mass is 10.3. The quantitative estimate of drug-likeness (QED) is 0.708. The van der Waals surface area contributed by atoms with Crippen LogP contribution in [0.25, 0.3) is 0 Å². The molecule has 1 N–H and O–H groups in total. The van der Waals surface area contributed by atoms with Crippen LogP contribution in [-0.2, 0) is 21.4 Å². The van der Waals surface area contributed by atoms with Gasteiger partial charge in [-0.15, -0.1) is 0 Å². The van der Waals surface area contributed by atoms with Gasteiger partial charge in [0.15, 0.2) is 5.16 Å². The molecule has 0 radical (unpaired) electrons. The Bertz CT molecular complexity index is 814. The molecular formula is C16H22N4O3S2. The molecule has 1 heterocycles. The Balaban J connectivity index is 1.93. The summed E-state index contributed by atoms with van der Waals surface area (Å²) in [6, 6.07) is 6.12. The van der Waals surface area contributed by atoms with Gasteiger partial charge >= 0.3 is 0 Å². The number of benzene rings is 1. The molecule has 0 aliphatic carbocycles. The fourth-order valence-electron chi connectivity index (χ4n) is 2.09. The standard InChI is InChI=1S/C16H22N4O3S2/c1-4-10-20-11-9-17-16(20)24-12-15(21)18-13-5-7-14(8-6-13)25(22,23)19(2)3/h5-9,11H,4,10,12H2,1-3H3,(H,18,21). The second-order valence-electron chi connectivity index (χ2n) is 5.55. The minimum Gasteiger partial charge on any atom is -0.326 e. The maximum atomic E-state index is 12.1. The van der Waals surface area contributed by atoms with Gasteiger partial charge in [0.2, 0.25) is 15.9 Å². The van der Waals surface area contributed by atoms with Gasteiger partial charge in [0.25, 0.3) is 0 Å². The molecule has 0 spiro atoms. The molecule has 0 atom stereocenters. The number of nitrogens with zero attached hydrogens (tertiary/aromatic N) is 3. The predicted molar refractivity (Wildman–Crippen MR) is 99.2 cm³/mol. The summed E-state index contributed by atoms with van der Waals surface area (Å²) in [5.74, 6) is 0.0673. The van der Waals surface area contributed by atoms with Gasteiger partial charge in [-0.05, 0) is 30.7 Å². The summed E-state index contributed by atoms with van der Waals surface area (Å²) in [5, 5.41) is 3.57. The highest BCUT2D eigenvalue weighted by Crippen LogP contribution is 2.19. The van der Waals surface area contributed by atoms with Crippen molar-refractivity contribution in [1.82, 2.24) is 13.9 Å². The van der Waals surface area contributed by atoms with E-state index in [2.05, 4.69) is 17.2 Å². The Morgan fingerprint density at radius 2 is 1.96 bits per heavy atom. The van der Waals surface area contributed by atoms with E-state index in [1.807, 2.05) is 10.8 Å². The third kappa shape index (κ3) is 5.07. The van der Waals surface area contributed by atoms with Crippen molar-refractivity contribution >= 4 is 33.4 Å². The number of carbonyl (C=O) groups excluding carboxylic acids is 1. The summed E-state index contributed by atoms with van der Waals surface area (Å²) >= 11 is 1.37. The van der Waals surface area contributed by atoms with E-state index in [4.69, 9.17) is 0 Å². The van der Waals surface area contributed by atoms with Crippen LogP contribution in [-0.4, -0.2) is 48.0 Å². The molecule has 7 nitrogen and oxygen atoms in total. The van der Waals surface area contributed by atoms with Crippen molar-refractivity contribution in [3.8, 4) is 0 Å². The molecule has 0 unspecified atom stereocenters. The molecule has 25 heavy (non-hydrogen) atoms. The first-order valence-electron chi connectivity index (χ1n) is 7.81. The SMILES string of the molecule is CCCn1ccnc1SCC(=O)Nc1ccc(S(=O)(=O)N(C)C)cc1. The molecule has 1 aromatic heterocycles. The van der Waals surface area contributed by atoms with Crippen LogP contribution in [0.5, 0.6) is 0 Å². The number of rotatable bonds is 8. The van der Waals surface area contributed by atoms with Gasteiger partial charge in [0.05, 0.1) is 10.6 Å². The van der Waals surface area contributed by atoms with Gasteiger partial charge in [0.1, 0.15) is 0 Å². The Kier molecular flexibility index (Phi) is 6.63. The molecule has 1 aromatic carbocycles. The fraction of sp³-hybridized carbons (Fsp3) is 0.375. The fourth-order valence-corrected chi connectivity index (χ4v) is 3.78. The zero-order valence-corrected chi connectivity index (χ0v) is 16.1. The predicted octanol–water partition coefficient (Wildman–Crippen LogP) is 2.27. The molecule has 1 amide bonds. The van der Waals surface area contributed by atoms with Crippen molar-refractivity contribution in [3.05, 3.63) is 36.7 Å². The summed E-state index contributed by atoms with van der Waals surface area (Å²) in [7, 11) is -0.513. The Morgan fingerprint density at radius 3 is 2.56 bits per heavy atom. The molecule has 136 valence electrons. The summed E-state index contributed by atoms with van der Waals surface area (Å²) in [6.07, 6.45) is 4.62. The van der Waals surface area contributed by atoms with Gasteiger partial charge in [0, 0.05) is 38.7 Å². The average Bonchev–Trinajstić information content (AvgIpc) is 3.01. The molecule has 0 aliphatic heterocycles. The monoisotopic (exact) mass is 382 g/mol. The van der Waals surface area contributed by atoms with E-state index in [-0.39, 0.29) is 16.6 Å². The van der Waals surface area contributed by atoms with Crippen LogP contribution in [0.3, 0.4) is 0 Å². The van der Waals surface area contributed by atoms with Crippen molar-refractivity contribution in [1.29, 1.82) is 0 Å². The molecular weight excluding hydrogens is 360 g/mol. The average molecular weight is 383 g/mol. The molecule has 0 bridgehead atoms. The first kappa shape index (κ1) is 19.5. The number of hydrogen-bond donors (Lipinski definition) is 1. The van der Waals surface area contributed by atoms with Gasteiger partial charge in [-0.2, -0.15) is 0 Å². The van der Waals surface area contributed by atoms with Gasteiger partial charge in [-0.1, -0.05) is 18.7 Å². The largest absolute Gasteiger partial charge is 0.326 e. The van der Waals surface area contributed by atoms with Crippen LogP contribution in [0.15, 0.2) is 46.7 Å². The van der Waals surface area contributed by atoms with Crippen LogP contribution >= 0.6 is 11.8 Å². The highest BCUT2D eigenvalue weighted by Gasteiger charge is 2.16. The molecule has 2 rings (SSSR count). The minimum absolute atomic E-state index is 0.167. The molecule has 9 heteroatoms. The van der Waals surface area contributed by atoms with E-state index in [1.165, 1.54) is 38.0 Å². The third-order valence-corrected chi connectivity index (χ3v) is 6.22. The second kappa shape index (κ2) is 8.50. The molecule has 0 aliphatic rings. The molecule has 2 aromatic rings. The van der Waals surface area contributed by atoms with Gasteiger partial charge < -0.3 is 9.88 Å². The van der Waals surface area contributed by atoms with Crippen LogP contribution in [0.4, 0.5) is 5.69 Å². The smallest absolute Gasteiger partial charge is 0.242 e. The second-order valence-corrected chi connectivity index (χ2v) is 8.65. The lowest BCUT2D eigenvalue weighted by Gasteiger charge is -2.12. The number of sulfonamides is 1. The van der Waals surface area contributed by atoms with Crippen LogP contribution < -0.4 is 5.32 Å². The zero-order chi connectivity index (χ0) is 18.4.